The molecule has 0 aromatic heterocycles. The van der Waals surface area contributed by atoms with Gasteiger partial charge in [0.05, 0.1) is 12.8 Å². The first kappa shape index (κ1) is 11.6. The van der Waals surface area contributed by atoms with E-state index < -0.39 is 25.8 Å². The highest BCUT2D eigenvalue weighted by Crippen LogP contribution is 2.33. The molecule has 72 valence electrons. The summed E-state index contributed by atoms with van der Waals surface area (Å²) in [6.45, 7) is 1.04. The number of hydrogen-bond acceptors (Lipinski definition) is 3. The van der Waals surface area contributed by atoms with Gasteiger partial charge in [-0.2, -0.15) is 0 Å². The lowest BCUT2D eigenvalue weighted by atomic mass is 10.4. The van der Waals surface area contributed by atoms with Crippen LogP contribution in [0.2, 0.25) is 0 Å². The smallest absolute Gasteiger partial charge is 0.332 e. The summed E-state index contributed by atoms with van der Waals surface area (Å²) in [5.74, 6) is -1.15. The van der Waals surface area contributed by atoms with Gasteiger partial charge in [-0.1, -0.05) is 0 Å². The number of carboxylic acids is 1. The third-order valence-corrected chi connectivity index (χ3v) is 1.86. The second-order valence-electron chi connectivity index (χ2n) is 2.24. The number of carbonyl (C=O) groups is 1. The molecule has 12 heavy (non-hydrogen) atoms. The van der Waals surface area contributed by atoms with Crippen molar-refractivity contribution in [3.05, 3.63) is 0 Å². The van der Waals surface area contributed by atoms with Crippen molar-refractivity contribution in [2.75, 3.05) is 12.8 Å². The maximum atomic E-state index is 10.2. The van der Waals surface area contributed by atoms with Gasteiger partial charge in [-0.05, 0) is 6.92 Å². The van der Waals surface area contributed by atoms with Crippen molar-refractivity contribution < 1.29 is 29.0 Å². The number of aliphatic carboxylic acids is 1. The van der Waals surface area contributed by atoms with E-state index in [1.54, 1.807) is 0 Å². The Hall–Kier alpha value is -0.420. The summed E-state index contributed by atoms with van der Waals surface area (Å²) >= 11 is 0. The minimum atomic E-state index is -4.07. The summed E-state index contributed by atoms with van der Waals surface area (Å²) in [6.07, 6.45) is -1.48. The van der Waals surface area contributed by atoms with Crippen molar-refractivity contribution in [3.8, 4) is 0 Å². The van der Waals surface area contributed by atoms with Crippen LogP contribution in [0.4, 0.5) is 0 Å². The molecule has 0 aliphatic carbocycles. The normalized spacial score (nSPS) is 14.2. The van der Waals surface area contributed by atoms with Crippen molar-refractivity contribution in [1.29, 1.82) is 0 Å². The van der Waals surface area contributed by atoms with E-state index >= 15 is 0 Å². The van der Waals surface area contributed by atoms with Crippen LogP contribution in [0.3, 0.4) is 0 Å². The van der Waals surface area contributed by atoms with Crippen LogP contribution in [-0.2, 0) is 14.1 Å². The minimum absolute atomic E-state index is 0.252. The molecule has 0 rings (SSSR count). The molecule has 3 N–H and O–H groups in total. The van der Waals surface area contributed by atoms with E-state index in [2.05, 4.69) is 4.74 Å². The zero-order valence-corrected chi connectivity index (χ0v) is 7.40. The van der Waals surface area contributed by atoms with Gasteiger partial charge < -0.3 is 19.6 Å². The van der Waals surface area contributed by atoms with E-state index in [4.69, 9.17) is 14.9 Å². The fourth-order valence-corrected chi connectivity index (χ4v) is 0.763. The number of ether oxygens (including phenoxy) is 1. The zero-order valence-electron chi connectivity index (χ0n) is 6.51. The second-order valence-corrected chi connectivity index (χ2v) is 4.02. The van der Waals surface area contributed by atoms with Crippen molar-refractivity contribution in [3.63, 3.8) is 0 Å². The van der Waals surface area contributed by atoms with Gasteiger partial charge in [0.2, 0.25) is 0 Å². The summed E-state index contributed by atoms with van der Waals surface area (Å²) in [5.41, 5.74) is 0. The van der Waals surface area contributed by atoms with Gasteiger partial charge in [-0.3, -0.25) is 4.57 Å². The fourth-order valence-electron chi connectivity index (χ4n) is 0.420. The second kappa shape index (κ2) is 4.57. The molecule has 0 radical (unpaired) electrons. The molecule has 0 aromatic carbocycles. The molecular formula is C5H11O6P. The summed E-state index contributed by atoms with van der Waals surface area (Å²) in [5, 5.41) is 8.29. The lowest BCUT2D eigenvalue weighted by Crippen LogP contribution is -2.21. The molecule has 0 saturated heterocycles. The van der Waals surface area contributed by atoms with Gasteiger partial charge in [0.15, 0.2) is 6.10 Å². The van der Waals surface area contributed by atoms with Gasteiger partial charge in [-0.15, -0.1) is 0 Å². The lowest BCUT2D eigenvalue weighted by molar-refractivity contribution is -0.148. The molecule has 0 aliphatic heterocycles. The summed E-state index contributed by atoms with van der Waals surface area (Å²) in [4.78, 5) is 26.8. The quantitative estimate of drug-likeness (QED) is 0.522. The highest BCUT2D eigenvalue weighted by molar-refractivity contribution is 7.51. The Morgan fingerprint density at radius 2 is 2.08 bits per heavy atom. The molecule has 0 aromatic rings. The van der Waals surface area contributed by atoms with Crippen molar-refractivity contribution >= 4 is 13.6 Å². The predicted octanol–water partition coefficient (Wildman–Crippen LogP) is -0.346. The molecule has 0 unspecified atom stereocenters. The highest BCUT2D eigenvalue weighted by Gasteiger charge is 2.15. The summed E-state index contributed by atoms with van der Waals surface area (Å²) in [7, 11) is -4.07. The maximum absolute atomic E-state index is 10.2. The molecule has 0 spiro atoms. The Bertz CT molecular complexity index is 196. The average molecular weight is 198 g/mol. The summed E-state index contributed by atoms with van der Waals surface area (Å²) in [6, 6.07) is 0. The standard InChI is InChI=1S/C5H11O6P/c1-4(5(6)7)11-2-3-12(8,9)10/h4H,2-3H2,1H3,(H,6,7)(H2,8,9,10)/t4-/m0/s1. The SMILES string of the molecule is C[C@H](OCCP(=O)(O)O)C(=O)O. The van der Waals surface area contributed by atoms with E-state index in [0.717, 1.165) is 0 Å². The Balaban J connectivity index is 3.58. The molecule has 1 atom stereocenters. The van der Waals surface area contributed by atoms with Crippen molar-refractivity contribution in [1.82, 2.24) is 0 Å². The first-order valence-corrected chi connectivity index (χ1v) is 5.01. The largest absolute Gasteiger partial charge is 0.479 e. The van der Waals surface area contributed by atoms with Gasteiger partial charge >= 0.3 is 13.6 Å². The molecule has 0 bridgehead atoms. The topological polar surface area (TPSA) is 104 Å². The molecule has 7 heteroatoms. The van der Waals surface area contributed by atoms with Crippen LogP contribution < -0.4 is 0 Å². The molecule has 0 aliphatic rings. The van der Waals surface area contributed by atoms with Crippen LogP contribution in [0, 0.1) is 0 Å². The molecular weight excluding hydrogens is 187 g/mol. The fraction of sp³-hybridized carbons (Fsp3) is 0.800. The molecule has 6 nitrogen and oxygen atoms in total. The zero-order chi connectivity index (χ0) is 9.78. The first-order valence-electron chi connectivity index (χ1n) is 3.22. The third-order valence-electron chi connectivity index (χ3n) is 1.10. The van der Waals surface area contributed by atoms with Crippen LogP contribution in [-0.4, -0.2) is 39.7 Å². The molecule has 0 heterocycles. The van der Waals surface area contributed by atoms with Crippen molar-refractivity contribution in [2.24, 2.45) is 0 Å². The average Bonchev–Trinajstić information content (AvgIpc) is 1.84. The summed E-state index contributed by atoms with van der Waals surface area (Å²) < 4.78 is 14.8. The number of rotatable bonds is 5. The Morgan fingerprint density at radius 1 is 1.58 bits per heavy atom. The monoisotopic (exact) mass is 198 g/mol. The van der Waals surface area contributed by atoms with Crippen LogP contribution in [0.25, 0.3) is 0 Å². The number of carboxylic acid groups (broad SMARTS) is 1. The Labute approximate surface area is 69.3 Å². The third kappa shape index (κ3) is 6.30. The van der Waals surface area contributed by atoms with Gasteiger partial charge in [0.1, 0.15) is 0 Å². The predicted molar refractivity (Wildman–Crippen MR) is 40.0 cm³/mol. The molecule has 0 saturated carbocycles. The number of hydrogen-bond donors (Lipinski definition) is 3. The first-order chi connectivity index (χ1) is 5.33. The molecule has 0 fully saturated rings. The molecule has 0 amide bonds. The van der Waals surface area contributed by atoms with E-state index in [-0.39, 0.29) is 6.61 Å². The lowest BCUT2D eigenvalue weighted by Gasteiger charge is -2.08. The van der Waals surface area contributed by atoms with Crippen molar-refractivity contribution in [2.45, 2.75) is 13.0 Å². The van der Waals surface area contributed by atoms with Gasteiger partial charge in [0.25, 0.3) is 0 Å². The Morgan fingerprint density at radius 3 is 2.42 bits per heavy atom. The Kier molecular flexibility index (Phi) is 4.41. The van der Waals surface area contributed by atoms with Gasteiger partial charge in [0, 0.05) is 0 Å². The van der Waals surface area contributed by atoms with Crippen LogP contribution >= 0.6 is 7.60 Å². The van der Waals surface area contributed by atoms with Crippen LogP contribution in [0.15, 0.2) is 0 Å². The minimum Gasteiger partial charge on any atom is -0.479 e. The van der Waals surface area contributed by atoms with Gasteiger partial charge in [-0.25, -0.2) is 4.79 Å². The van der Waals surface area contributed by atoms with E-state index in [0.29, 0.717) is 0 Å². The van der Waals surface area contributed by atoms with E-state index in [1.165, 1.54) is 6.92 Å². The van der Waals surface area contributed by atoms with E-state index in [1.807, 2.05) is 0 Å². The highest BCUT2D eigenvalue weighted by atomic mass is 31.2. The maximum Gasteiger partial charge on any atom is 0.332 e. The van der Waals surface area contributed by atoms with Crippen LogP contribution in [0.1, 0.15) is 6.92 Å². The van der Waals surface area contributed by atoms with Crippen LogP contribution in [0.5, 0.6) is 0 Å². The van der Waals surface area contributed by atoms with E-state index in [9.17, 15) is 9.36 Å².